The molecule has 0 saturated carbocycles. The van der Waals surface area contributed by atoms with Gasteiger partial charge in [0, 0.05) is 5.02 Å². The van der Waals surface area contributed by atoms with Crippen molar-refractivity contribution >= 4 is 40.3 Å². The maximum atomic E-state index is 12.1. The predicted octanol–water partition coefficient (Wildman–Crippen LogP) is 4.68. The lowest BCUT2D eigenvalue weighted by Crippen LogP contribution is -2.05. The number of alkyl halides is 3. The van der Waals surface area contributed by atoms with Gasteiger partial charge in [0.15, 0.2) is 0 Å². The Kier molecular flexibility index (Phi) is 3.83. The molecular formula is C9H5ClF3I. The fraction of sp³-hybridized carbons (Fsp3) is 0.111. The van der Waals surface area contributed by atoms with E-state index in [2.05, 4.69) is 0 Å². The third-order valence-electron chi connectivity index (χ3n) is 1.43. The highest BCUT2D eigenvalue weighted by atomic mass is 127. The minimum absolute atomic E-state index is 0.483. The number of hydrogen-bond donors (Lipinski definition) is 0. The van der Waals surface area contributed by atoms with Gasteiger partial charge in [0.25, 0.3) is 0 Å². The quantitative estimate of drug-likeness (QED) is 0.655. The monoisotopic (exact) mass is 332 g/mol. The Hall–Kier alpha value is -0.230. The summed E-state index contributed by atoms with van der Waals surface area (Å²) in [5.41, 5.74) is 0.483. The molecule has 0 saturated heterocycles. The zero-order valence-electron chi connectivity index (χ0n) is 6.78. The number of allylic oxidation sites excluding steroid dienone is 1. The lowest BCUT2D eigenvalue weighted by Gasteiger charge is -2.04. The maximum absolute atomic E-state index is 12.1. The first kappa shape index (κ1) is 11.8. The van der Waals surface area contributed by atoms with Crippen molar-refractivity contribution in [3.05, 3.63) is 38.4 Å². The van der Waals surface area contributed by atoms with Crippen LogP contribution in [0.2, 0.25) is 5.02 Å². The molecule has 1 rings (SSSR count). The van der Waals surface area contributed by atoms with Crippen molar-refractivity contribution in [2.24, 2.45) is 0 Å². The molecule has 1 aromatic rings. The summed E-state index contributed by atoms with van der Waals surface area (Å²) in [5.74, 6) is 0. The highest BCUT2D eigenvalue weighted by Crippen LogP contribution is 2.32. The largest absolute Gasteiger partial charge is 0.422 e. The van der Waals surface area contributed by atoms with Crippen LogP contribution in [0.25, 0.3) is 6.08 Å². The summed E-state index contributed by atoms with van der Waals surface area (Å²) in [6, 6.07) is 6.17. The van der Waals surface area contributed by atoms with E-state index in [-0.39, 0.29) is 0 Å². The Labute approximate surface area is 97.9 Å². The molecule has 5 heteroatoms. The van der Waals surface area contributed by atoms with Gasteiger partial charge in [0.1, 0.15) is 0 Å². The van der Waals surface area contributed by atoms with Gasteiger partial charge in [-0.3, -0.25) is 0 Å². The molecule has 0 aliphatic rings. The van der Waals surface area contributed by atoms with Gasteiger partial charge in [-0.2, -0.15) is 13.2 Å². The summed E-state index contributed by atoms with van der Waals surface area (Å²) in [7, 11) is 0. The highest BCUT2D eigenvalue weighted by Gasteiger charge is 2.31. The lowest BCUT2D eigenvalue weighted by atomic mass is 10.2. The zero-order valence-corrected chi connectivity index (χ0v) is 9.69. The fourth-order valence-electron chi connectivity index (χ4n) is 0.787. The van der Waals surface area contributed by atoms with Gasteiger partial charge < -0.3 is 0 Å². The average molecular weight is 332 g/mol. The summed E-state index contributed by atoms with van der Waals surface area (Å²) in [6.07, 6.45) is -3.21. The Morgan fingerprint density at radius 3 is 2.14 bits per heavy atom. The minimum Gasteiger partial charge on any atom is -0.166 e. The molecule has 0 spiro atoms. The van der Waals surface area contributed by atoms with Crippen LogP contribution in [0.5, 0.6) is 0 Å². The van der Waals surface area contributed by atoms with Crippen LogP contribution in [-0.4, -0.2) is 6.18 Å². The molecule has 0 unspecified atom stereocenters. The second-order valence-corrected chi connectivity index (χ2v) is 4.14. The highest BCUT2D eigenvalue weighted by molar-refractivity contribution is 14.1. The second kappa shape index (κ2) is 4.53. The van der Waals surface area contributed by atoms with Gasteiger partial charge in [-0.05, 0) is 46.4 Å². The van der Waals surface area contributed by atoms with Crippen LogP contribution in [-0.2, 0) is 0 Å². The van der Waals surface area contributed by atoms with Gasteiger partial charge in [0.05, 0.1) is 3.58 Å². The Balaban J connectivity index is 2.93. The van der Waals surface area contributed by atoms with E-state index in [1.807, 2.05) is 0 Å². The molecule has 0 bridgehead atoms. The molecule has 0 aliphatic carbocycles. The molecule has 0 aromatic heterocycles. The molecule has 1 aromatic carbocycles. The summed E-state index contributed by atoms with van der Waals surface area (Å²) in [6.45, 7) is 0. The van der Waals surface area contributed by atoms with Crippen LogP contribution in [0.15, 0.2) is 27.8 Å². The summed E-state index contributed by atoms with van der Waals surface area (Å²) in [5, 5.41) is 0.504. The van der Waals surface area contributed by atoms with Crippen molar-refractivity contribution in [3.63, 3.8) is 0 Å². The first-order chi connectivity index (χ1) is 6.39. The molecule has 0 N–H and O–H groups in total. The summed E-state index contributed by atoms with van der Waals surface area (Å²) in [4.78, 5) is 0. The van der Waals surface area contributed by atoms with Crippen molar-refractivity contribution in [1.82, 2.24) is 0 Å². The Morgan fingerprint density at radius 2 is 1.71 bits per heavy atom. The van der Waals surface area contributed by atoms with Crippen LogP contribution < -0.4 is 0 Å². The van der Waals surface area contributed by atoms with Crippen molar-refractivity contribution in [1.29, 1.82) is 0 Å². The standard InChI is InChI=1S/C9H5ClF3I/c10-7-3-1-6(2-4-7)5-8(14)9(11,12)13/h1-5H/b8-5-. The van der Waals surface area contributed by atoms with E-state index < -0.39 is 9.76 Å². The lowest BCUT2D eigenvalue weighted by molar-refractivity contribution is -0.0809. The molecule has 0 atom stereocenters. The number of halogens is 5. The van der Waals surface area contributed by atoms with Crippen LogP contribution in [0.3, 0.4) is 0 Å². The number of hydrogen-bond acceptors (Lipinski definition) is 0. The van der Waals surface area contributed by atoms with Crippen LogP contribution >= 0.6 is 34.2 Å². The second-order valence-electron chi connectivity index (χ2n) is 2.54. The molecule has 76 valence electrons. The van der Waals surface area contributed by atoms with Gasteiger partial charge >= 0.3 is 6.18 Å². The maximum Gasteiger partial charge on any atom is 0.422 e. The summed E-state index contributed by atoms with van der Waals surface area (Å²) < 4.78 is 35.7. The molecule has 14 heavy (non-hydrogen) atoms. The summed E-state index contributed by atoms with van der Waals surface area (Å²) >= 11 is 6.86. The first-order valence-electron chi connectivity index (χ1n) is 3.59. The topological polar surface area (TPSA) is 0 Å². The molecule has 0 nitrogen and oxygen atoms in total. The van der Waals surface area contributed by atoms with E-state index in [1.54, 1.807) is 12.1 Å². The van der Waals surface area contributed by atoms with Crippen molar-refractivity contribution in [3.8, 4) is 0 Å². The molecule has 0 radical (unpaired) electrons. The van der Waals surface area contributed by atoms with E-state index in [0.29, 0.717) is 10.6 Å². The number of benzene rings is 1. The van der Waals surface area contributed by atoms with E-state index in [9.17, 15) is 13.2 Å². The Morgan fingerprint density at radius 1 is 1.21 bits per heavy atom. The van der Waals surface area contributed by atoms with E-state index in [0.717, 1.165) is 6.08 Å². The predicted molar refractivity (Wildman–Crippen MR) is 59.5 cm³/mol. The van der Waals surface area contributed by atoms with Crippen LogP contribution in [0, 0.1) is 0 Å². The van der Waals surface area contributed by atoms with Crippen molar-refractivity contribution < 1.29 is 13.2 Å². The third-order valence-corrected chi connectivity index (χ3v) is 2.61. The minimum atomic E-state index is -4.28. The van der Waals surface area contributed by atoms with Gasteiger partial charge in [-0.25, -0.2) is 0 Å². The SMILES string of the molecule is FC(F)(F)/C(I)=C/c1ccc(Cl)cc1. The van der Waals surface area contributed by atoms with Gasteiger partial charge in [0.2, 0.25) is 0 Å². The van der Waals surface area contributed by atoms with E-state index in [4.69, 9.17) is 11.6 Å². The van der Waals surface area contributed by atoms with E-state index in [1.165, 1.54) is 34.7 Å². The van der Waals surface area contributed by atoms with Crippen molar-refractivity contribution in [2.45, 2.75) is 6.18 Å². The van der Waals surface area contributed by atoms with Gasteiger partial charge in [-0.1, -0.05) is 23.7 Å². The zero-order chi connectivity index (χ0) is 10.8. The normalized spacial score (nSPS) is 13.1. The smallest absolute Gasteiger partial charge is 0.166 e. The molecule has 0 aliphatic heterocycles. The van der Waals surface area contributed by atoms with Crippen LogP contribution in [0.4, 0.5) is 13.2 Å². The molecule has 0 amide bonds. The number of rotatable bonds is 1. The average Bonchev–Trinajstić information content (AvgIpc) is 2.07. The molecule has 0 fully saturated rings. The van der Waals surface area contributed by atoms with E-state index >= 15 is 0 Å². The molecule has 0 heterocycles. The fourth-order valence-corrected chi connectivity index (χ4v) is 1.27. The Bertz CT molecular complexity index is 340. The molecular weight excluding hydrogens is 327 g/mol. The third kappa shape index (κ3) is 3.49. The van der Waals surface area contributed by atoms with Crippen LogP contribution in [0.1, 0.15) is 5.56 Å². The van der Waals surface area contributed by atoms with Crippen molar-refractivity contribution in [2.75, 3.05) is 0 Å². The first-order valence-corrected chi connectivity index (χ1v) is 5.05. The van der Waals surface area contributed by atoms with Gasteiger partial charge in [-0.15, -0.1) is 0 Å².